The molecule has 2 saturated heterocycles. The molecule has 0 spiro atoms. The second-order valence-corrected chi connectivity index (χ2v) is 9.67. The summed E-state index contributed by atoms with van der Waals surface area (Å²) >= 11 is 0. The van der Waals surface area contributed by atoms with Gasteiger partial charge in [-0.3, -0.25) is 24.6 Å². The summed E-state index contributed by atoms with van der Waals surface area (Å²) in [4.78, 5) is 48.9. The zero-order valence-electron chi connectivity index (χ0n) is 19.2. The molecule has 0 radical (unpaired) electrons. The van der Waals surface area contributed by atoms with Crippen LogP contribution in [-0.2, 0) is 22.7 Å². The second-order valence-electron chi connectivity index (χ2n) is 9.67. The van der Waals surface area contributed by atoms with Crippen molar-refractivity contribution in [3.05, 3.63) is 64.7 Å². The Balaban J connectivity index is 1.17. The van der Waals surface area contributed by atoms with Crippen molar-refractivity contribution in [3.63, 3.8) is 0 Å². The lowest BCUT2D eigenvalue weighted by molar-refractivity contribution is -0.136. The lowest BCUT2D eigenvalue weighted by Crippen LogP contribution is -2.52. The predicted molar refractivity (Wildman–Crippen MR) is 126 cm³/mol. The molecule has 4 heterocycles. The zero-order valence-corrected chi connectivity index (χ0v) is 19.2. The van der Waals surface area contributed by atoms with E-state index in [1.165, 1.54) is 11.0 Å². The number of amides is 3. The molecule has 3 aliphatic rings. The number of nitrogens with one attached hydrogen (secondary N) is 2. The number of imidazole rings is 1. The topological polar surface area (TPSA) is 98.4 Å². The van der Waals surface area contributed by atoms with Gasteiger partial charge < -0.3 is 9.88 Å². The molecule has 2 fully saturated rings. The van der Waals surface area contributed by atoms with E-state index in [1.54, 1.807) is 6.07 Å². The normalized spacial score (nSPS) is 21.6. The molecule has 2 N–H and O–H groups in total. The number of para-hydroxylation sites is 2. The molecule has 1 atom stereocenters. The first-order valence-electron chi connectivity index (χ1n) is 12.1. The number of aromatic nitrogens is 2. The van der Waals surface area contributed by atoms with Gasteiger partial charge in [0.15, 0.2) is 0 Å². The van der Waals surface area contributed by atoms with Crippen LogP contribution in [0.2, 0.25) is 0 Å². The molecule has 9 heteroatoms. The fourth-order valence-corrected chi connectivity index (χ4v) is 5.71. The third-order valence-corrected chi connectivity index (χ3v) is 7.49. The second kappa shape index (κ2) is 8.57. The lowest BCUT2D eigenvalue weighted by Gasteiger charge is -2.32. The molecule has 2 aromatic carbocycles. The van der Waals surface area contributed by atoms with Gasteiger partial charge in [-0.25, -0.2) is 9.37 Å². The summed E-state index contributed by atoms with van der Waals surface area (Å²) in [6.45, 7) is 2.69. The van der Waals surface area contributed by atoms with E-state index in [-0.39, 0.29) is 30.7 Å². The highest BCUT2D eigenvalue weighted by atomic mass is 19.1. The smallest absolute Gasteiger partial charge is 0.255 e. The Morgan fingerprint density at radius 2 is 1.86 bits per heavy atom. The van der Waals surface area contributed by atoms with Crippen LogP contribution in [0.5, 0.6) is 0 Å². The fraction of sp³-hybridized carbons (Fsp3) is 0.385. The van der Waals surface area contributed by atoms with Crippen molar-refractivity contribution in [3.8, 4) is 0 Å². The number of carbonyl (C=O) groups excluding carboxylic acids is 3. The molecule has 3 amide bonds. The molecule has 3 aliphatic heterocycles. The van der Waals surface area contributed by atoms with Crippen LogP contribution in [0.25, 0.3) is 11.0 Å². The van der Waals surface area contributed by atoms with Gasteiger partial charge in [-0.15, -0.1) is 0 Å². The van der Waals surface area contributed by atoms with E-state index in [0.717, 1.165) is 60.5 Å². The van der Waals surface area contributed by atoms with Crippen LogP contribution in [0.1, 0.15) is 58.9 Å². The third-order valence-electron chi connectivity index (χ3n) is 7.49. The molecule has 0 bridgehead atoms. The zero-order chi connectivity index (χ0) is 24.1. The maximum atomic E-state index is 14.6. The van der Waals surface area contributed by atoms with E-state index in [9.17, 15) is 18.8 Å². The quantitative estimate of drug-likeness (QED) is 0.566. The first-order valence-corrected chi connectivity index (χ1v) is 12.1. The Morgan fingerprint density at radius 3 is 2.63 bits per heavy atom. The largest absolute Gasteiger partial charge is 0.341 e. The predicted octanol–water partition coefficient (Wildman–Crippen LogP) is 2.84. The van der Waals surface area contributed by atoms with Crippen LogP contribution >= 0.6 is 0 Å². The Bertz CT molecular complexity index is 1310. The lowest BCUT2D eigenvalue weighted by atomic mass is 9.85. The molecular weight excluding hydrogens is 449 g/mol. The van der Waals surface area contributed by atoms with Gasteiger partial charge in [-0.2, -0.15) is 0 Å². The average molecular weight is 476 g/mol. The van der Waals surface area contributed by atoms with Gasteiger partial charge in [0, 0.05) is 18.5 Å². The number of piperidine rings is 2. The summed E-state index contributed by atoms with van der Waals surface area (Å²) < 4.78 is 14.6. The molecule has 1 unspecified atom stereocenters. The molecule has 6 rings (SSSR count). The van der Waals surface area contributed by atoms with Crippen molar-refractivity contribution in [1.29, 1.82) is 0 Å². The molecule has 180 valence electrons. The molecule has 8 nitrogen and oxygen atoms in total. The number of hydrogen-bond donors (Lipinski definition) is 2. The molecule has 0 aliphatic carbocycles. The highest BCUT2D eigenvalue weighted by Gasteiger charge is 2.41. The maximum Gasteiger partial charge on any atom is 0.255 e. The maximum absolute atomic E-state index is 14.6. The Morgan fingerprint density at radius 1 is 1.06 bits per heavy atom. The molecular formula is C26H26FN5O3. The minimum Gasteiger partial charge on any atom is -0.341 e. The van der Waals surface area contributed by atoms with E-state index >= 15 is 0 Å². The highest BCUT2D eigenvalue weighted by molar-refractivity contribution is 6.05. The summed E-state index contributed by atoms with van der Waals surface area (Å²) in [5, 5.41) is 2.32. The number of hydrogen-bond acceptors (Lipinski definition) is 5. The fourth-order valence-electron chi connectivity index (χ4n) is 5.71. The van der Waals surface area contributed by atoms with Gasteiger partial charge in [0.1, 0.15) is 17.7 Å². The Labute approximate surface area is 201 Å². The number of nitrogens with zero attached hydrogens (tertiary/aromatic N) is 3. The average Bonchev–Trinajstić information content (AvgIpc) is 3.40. The number of carbonyl (C=O) groups is 3. The van der Waals surface area contributed by atoms with Crippen molar-refractivity contribution in [1.82, 2.24) is 25.1 Å². The first kappa shape index (κ1) is 21.9. The van der Waals surface area contributed by atoms with Crippen LogP contribution in [-0.4, -0.2) is 56.6 Å². The minimum absolute atomic E-state index is 0.140. The number of imide groups is 1. The monoisotopic (exact) mass is 475 g/mol. The van der Waals surface area contributed by atoms with Crippen molar-refractivity contribution in [2.24, 2.45) is 0 Å². The number of aromatic amines is 1. The van der Waals surface area contributed by atoms with Gasteiger partial charge in [-0.1, -0.05) is 12.1 Å². The van der Waals surface area contributed by atoms with Crippen molar-refractivity contribution in [2.75, 3.05) is 13.1 Å². The van der Waals surface area contributed by atoms with Crippen LogP contribution in [0, 0.1) is 5.82 Å². The van der Waals surface area contributed by atoms with E-state index in [2.05, 4.69) is 20.2 Å². The standard InChI is InChI=1S/C26H26FN5O3/c27-16-11-17(19-13-32(26(35)18(19)12-16)22-5-6-24(33)30-25(22)34)15-7-9-31(10-8-15)14-23-28-20-3-1-2-4-21(20)29-23/h1-4,11-12,15,22H,5-10,13-14H2,(H,28,29)(H,30,33,34). The van der Waals surface area contributed by atoms with Crippen molar-refractivity contribution >= 4 is 28.8 Å². The summed E-state index contributed by atoms with van der Waals surface area (Å²) in [5.74, 6) is -0.470. The number of halogens is 1. The Hall–Kier alpha value is -3.59. The molecule has 0 saturated carbocycles. The summed E-state index contributed by atoms with van der Waals surface area (Å²) in [6.07, 6.45) is 2.19. The van der Waals surface area contributed by atoms with E-state index in [4.69, 9.17) is 0 Å². The highest BCUT2D eigenvalue weighted by Crippen LogP contribution is 2.38. The van der Waals surface area contributed by atoms with Crippen molar-refractivity contribution < 1.29 is 18.8 Å². The van der Waals surface area contributed by atoms with Crippen LogP contribution in [0.15, 0.2) is 36.4 Å². The number of H-pyrrole nitrogens is 1. The first-order chi connectivity index (χ1) is 17.0. The Kier molecular flexibility index (Phi) is 5.36. The summed E-state index contributed by atoms with van der Waals surface area (Å²) in [6, 6.07) is 10.1. The van der Waals surface area contributed by atoms with Crippen LogP contribution in [0.4, 0.5) is 4.39 Å². The van der Waals surface area contributed by atoms with Gasteiger partial charge in [0.2, 0.25) is 11.8 Å². The molecule has 1 aromatic heterocycles. The van der Waals surface area contributed by atoms with Gasteiger partial charge in [-0.05, 0) is 73.7 Å². The number of rotatable bonds is 4. The number of fused-ring (bicyclic) bond motifs is 2. The van der Waals surface area contributed by atoms with Gasteiger partial charge in [0.25, 0.3) is 5.91 Å². The number of likely N-dealkylation sites (tertiary alicyclic amines) is 1. The summed E-state index contributed by atoms with van der Waals surface area (Å²) in [5.41, 5.74) is 4.01. The minimum atomic E-state index is -0.700. The van der Waals surface area contributed by atoms with Crippen LogP contribution in [0.3, 0.4) is 0 Å². The van der Waals surface area contributed by atoms with Gasteiger partial charge >= 0.3 is 0 Å². The van der Waals surface area contributed by atoms with E-state index in [0.29, 0.717) is 12.0 Å². The molecule has 3 aromatic rings. The SMILES string of the molecule is O=C1CCC(N2Cc3c(cc(F)cc3C3CCN(Cc4nc5ccccc5[nH]4)CC3)C2=O)C(=O)N1. The summed E-state index contributed by atoms with van der Waals surface area (Å²) in [7, 11) is 0. The third kappa shape index (κ3) is 3.99. The number of benzene rings is 2. The molecule has 35 heavy (non-hydrogen) atoms. The van der Waals surface area contributed by atoms with Crippen LogP contribution < -0.4 is 5.32 Å². The van der Waals surface area contributed by atoms with Gasteiger partial charge in [0.05, 0.1) is 17.6 Å². The van der Waals surface area contributed by atoms with E-state index < -0.39 is 17.8 Å². The van der Waals surface area contributed by atoms with Crippen molar-refractivity contribution in [2.45, 2.75) is 50.7 Å². The van der Waals surface area contributed by atoms with E-state index in [1.807, 2.05) is 24.3 Å².